The molecule has 21 heavy (non-hydrogen) atoms. The van der Waals surface area contributed by atoms with E-state index in [1.54, 1.807) is 0 Å². The Kier molecular flexibility index (Phi) is 2.91. The van der Waals surface area contributed by atoms with Gasteiger partial charge in [0.25, 0.3) is 5.89 Å². The number of halogens is 3. The van der Waals surface area contributed by atoms with Crippen LogP contribution < -0.4 is 0 Å². The first-order valence-corrected chi connectivity index (χ1v) is 5.52. The monoisotopic (exact) mass is 291 g/mol. The van der Waals surface area contributed by atoms with E-state index in [1.807, 2.05) is 6.07 Å². The summed E-state index contributed by atoms with van der Waals surface area (Å²) in [4.78, 5) is 3.90. The van der Waals surface area contributed by atoms with Crippen molar-refractivity contribution in [2.24, 2.45) is 0 Å². The minimum absolute atomic E-state index is 0.0551. The Balaban J connectivity index is 2.05. The fourth-order valence-electron chi connectivity index (χ4n) is 1.67. The molecule has 0 atom stereocenters. The molecule has 0 amide bonds. The summed E-state index contributed by atoms with van der Waals surface area (Å²) in [6.45, 7) is 0. The maximum atomic E-state index is 13.2. The lowest BCUT2D eigenvalue weighted by Gasteiger charge is -1.97. The van der Waals surface area contributed by atoms with Crippen molar-refractivity contribution in [3.05, 3.63) is 41.5 Å². The number of rotatable bonds is 2. The minimum Gasteiger partial charge on any atom is -0.333 e. The third-order valence-corrected chi connectivity index (χ3v) is 2.65. The molecule has 2 heterocycles. The minimum atomic E-state index is -1.58. The van der Waals surface area contributed by atoms with Gasteiger partial charge in [0.15, 0.2) is 17.5 Å². The van der Waals surface area contributed by atoms with Gasteiger partial charge in [0.2, 0.25) is 5.82 Å². The summed E-state index contributed by atoms with van der Waals surface area (Å²) in [6.07, 6.45) is 1.29. The molecule has 0 aliphatic heterocycles. The molecule has 0 fully saturated rings. The lowest BCUT2D eigenvalue weighted by Crippen LogP contribution is -1.92. The molecule has 0 aliphatic carbocycles. The van der Waals surface area contributed by atoms with Gasteiger partial charge in [0, 0.05) is 5.56 Å². The molecule has 0 aliphatic rings. The predicted octanol–water partition coefficient (Wildman–Crippen LogP) is 2.42. The number of nitrogens with zero attached hydrogens (tertiary/aromatic N) is 4. The number of hydrogen-bond donors (Lipinski definition) is 1. The maximum Gasteiger partial charge on any atom is 0.262 e. The molecule has 6 nitrogen and oxygen atoms in total. The summed E-state index contributed by atoms with van der Waals surface area (Å²) in [6, 6.07) is 3.32. The van der Waals surface area contributed by atoms with E-state index in [9.17, 15) is 13.2 Å². The lowest BCUT2D eigenvalue weighted by atomic mass is 10.2. The number of hydrogen-bond acceptors (Lipinski definition) is 5. The van der Waals surface area contributed by atoms with Crippen molar-refractivity contribution in [1.29, 1.82) is 5.26 Å². The highest BCUT2D eigenvalue weighted by atomic mass is 19.2. The molecule has 1 N–H and O–H groups in total. The standard InChI is InChI=1S/C12H4F3N5O/c13-7-1-5(2-8(14)10(7)15)11-18-12(21-20-11)6-4-17-19-9(6)3-16/h1-2,4H,(H,17,19). The van der Waals surface area contributed by atoms with Crippen molar-refractivity contribution in [2.45, 2.75) is 0 Å². The Morgan fingerprint density at radius 3 is 2.57 bits per heavy atom. The van der Waals surface area contributed by atoms with Crippen molar-refractivity contribution in [3.63, 3.8) is 0 Å². The van der Waals surface area contributed by atoms with E-state index < -0.39 is 17.5 Å². The first-order chi connectivity index (χ1) is 10.1. The van der Waals surface area contributed by atoms with Crippen LogP contribution in [0.3, 0.4) is 0 Å². The molecule has 0 radical (unpaired) electrons. The van der Waals surface area contributed by atoms with Crippen LogP contribution in [0.5, 0.6) is 0 Å². The molecule has 3 rings (SSSR count). The van der Waals surface area contributed by atoms with Crippen LogP contribution in [0.25, 0.3) is 22.8 Å². The van der Waals surface area contributed by atoms with Gasteiger partial charge in [-0.3, -0.25) is 5.10 Å². The number of H-pyrrole nitrogens is 1. The van der Waals surface area contributed by atoms with Crippen LogP contribution in [0, 0.1) is 28.8 Å². The number of nitrogens with one attached hydrogen (secondary N) is 1. The summed E-state index contributed by atoms with van der Waals surface area (Å²) >= 11 is 0. The molecular weight excluding hydrogens is 287 g/mol. The highest BCUT2D eigenvalue weighted by Crippen LogP contribution is 2.25. The van der Waals surface area contributed by atoms with E-state index >= 15 is 0 Å². The third kappa shape index (κ3) is 2.12. The molecule has 0 bridgehead atoms. The first kappa shape index (κ1) is 12.9. The van der Waals surface area contributed by atoms with Gasteiger partial charge in [-0.05, 0) is 12.1 Å². The fraction of sp³-hybridized carbons (Fsp3) is 0. The van der Waals surface area contributed by atoms with Crippen LogP contribution in [0.15, 0.2) is 22.9 Å². The van der Waals surface area contributed by atoms with Gasteiger partial charge >= 0.3 is 0 Å². The van der Waals surface area contributed by atoms with Crippen molar-refractivity contribution in [3.8, 4) is 28.9 Å². The average Bonchev–Trinajstić information content (AvgIpc) is 3.11. The van der Waals surface area contributed by atoms with Crippen LogP contribution in [-0.4, -0.2) is 20.3 Å². The topological polar surface area (TPSA) is 91.4 Å². The van der Waals surface area contributed by atoms with Crippen molar-refractivity contribution in [2.75, 3.05) is 0 Å². The summed E-state index contributed by atoms with van der Waals surface area (Å²) in [5.74, 6) is -4.51. The van der Waals surface area contributed by atoms with Crippen molar-refractivity contribution in [1.82, 2.24) is 20.3 Å². The Bertz CT molecular complexity index is 841. The van der Waals surface area contributed by atoms with Crippen LogP contribution in [0.4, 0.5) is 13.2 Å². The second-order valence-corrected chi connectivity index (χ2v) is 3.95. The average molecular weight is 291 g/mol. The van der Waals surface area contributed by atoms with E-state index in [0.717, 1.165) is 12.1 Å². The summed E-state index contributed by atoms with van der Waals surface area (Å²) in [7, 11) is 0. The quantitative estimate of drug-likeness (QED) is 0.732. The zero-order valence-electron chi connectivity index (χ0n) is 10.1. The Morgan fingerprint density at radius 1 is 1.19 bits per heavy atom. The van der Waals surface area contributed by atoms with Crippen molar-refractivity contribution < 1.29 is 17.7 Å². The largest absolute Gasteiger partial charge is 0.333 e. The van der Waals surface area contributed by atoms with Gasteiger partial charge in [-0.25, -0.2) is 13.2 Å². The zero-order valence-corrected chi connectivity index (χ0v) is 10.1. The highest BCUT2D eigenvalue weighted by molar-refractivity contribution is 5.63. The lowest BCUT2D eigenvalue weighted by molar-refractivity contribution is 0.431. The van der Waals surface area contributed by atoms with Gasteiger partial charge in [0.1, 0.15) is 11.8 Å². The highest BCUT2D eigenvalue weighted by Gasteiger charge is 2.18. The van der Waals surface area contributed by atoms with Crippen LogP contribution >= 0.6 is 0 Å². The van der Waals surface area contributed by atoms with Crippen LogP contribution in [0.1, 0.15) is 5.69 Å². The zero-order chi connectivity index (χ0) is 15.0. The van der Waals surface area contributed by atoms with Crippen LogP contribution in [-0.2, 0) is 0 Å². The van der Waals surface area contributed by atoms with Gasteiger partial charge in [-0.15, -0.1) is 0 Å². The number of aromatic nitrogens is 4. The fourth-order valence-corrected chi connectivity index (χ4v) is 1.67. The predicted molar refractivity (Wildman–Crippen MR) is 61.9 cm³/mol. The number of aromatic amines is 1. The van der Waals surface area contributed by atoms with Gasteiger partial charge in [0.05, 0.1) is 11.8 Å². The molecule has 2 aromatic heterocycles. The van der Waals surface area contributed by atoms with Gasteiger partial charge in [-0.2, -0.15) is 15.3 Å². The molecule has 0 saturated carbocycles. The summed E-state index contributed by atoms with van der Waals surface area (Å²) < 4.78 is 44.1. The molecule has 0 saturated heterocycles. The van der Waals surface area contributed by atoms with Gasteiger partial charge < -0.3 is 4.52 Å². The second-order valence-electron chi connectivity index (χ2n) is 3.95. The molecule has 1 aromatic carbocycles. The number of nitriles is 1. The van der Waals surface area contributed by atoms with Crippen LogP contribution in [0.2, 0.25) is 0 Å². The van der Waals surface area contributed by atoms with Crippen molar-refractivity contribution >= 4 is 0 Å². The first-order valence-electron chi connectivity index (χ1n) is 5.52. The van der Waals surface area contributed by atoms with E-state index in [4.69, 9.17) is 9.78 Å². The normalized spacial score (nSPS) is 10.6. The third-order valence-electron chi connectivity index (χ3n) is 2.65. The van der Waals surface area contributed by atoms with E-state index in [2.05, 4.69) is 20.3 Å². The molecule has 0 unspecified atom stereocenters. The SMILES string of the molecule is N#Cc1[nH]ncc1-c1nc(-c2cc(F)c(F)c(F)c2)no1. The smallest absolute Gasteiger partial charge is 0.262 e. The number of benzene rings is 1. The Morgan fingerprint density at radius 2 is 1.90 bits per heavy atom. The van der Waals surface area contributed by atoms with E-state index in [-0.39, 0.29) is 28.5 Å². The summed E-state index contributed by atoms with van der Waals surface area (Å²) in [5, 5.41) is 18.4. The van der Waals surface area contributed by atoms with Gasteiger partial charge in [-0.1, -0.05) is 5.16 Å². The molecule has 104 valence electrons. The van der Waals surface area contributed by atoms with E-state index in [1.165, 1.54) is 6.20 Å². The Hall–Kier alpha value is -3.15. The Labute approximate surface area is 114 Å². The molecule has 3 aromatic rings. The molecule has 0 spiro atoms. The van der Waals surface area contributed by atoms with E-state index in [0.29, 0.717) is 0 Å². The molecule has 9 heteroatoms. The molecular formula is C12H4F3N5O. The second kappa shape index (κ2) is 4.75. The maximum absolute atomic E-state index is 13.2. The summed E-state index contributed by atoms with van der Waals surface area (Å²) in [5.41, 5.74) is 0.254.